The molecular weight excluding hydrogens is 270 g/mol. The highest BCUT2D eigenvalue weighted by Gasteiger charge is 2.23. The summed E-state index contributed by atoms with van der Waals surface area (Å²) in [5.74, 6) is 0.653. The first-order valence-corrected chi connectivity index (χ1v) is 8.47. The van der Waals surface area contributed by atoms with Gasteiger partial charge in [-0.05, 0) is 32.2 Å². The van der Waals surface area contributed by atoms with Gasteiger partial charge in [0, 0.05) is 31.6 Å². The Balaban J connectivity index is 2.08. The van der Waals surface area contributed by atoms with Gasteiger partial charge < -0.3 is 15.0 Å². The van der Waals surface area contributed by atoms with Crippen molar-refractivity contribution in [2.24, 2.45) is 5.92 Å². The van der Waals surface area contributed by atoms with Crippen molar-refractivity contribution in [3.8, 4) is 0 Å². The summed E-state index contributed by atoms with van der Waals surface area (Å²) in [6.07, 6.45) is 4.77. The van der Waals surface area contributed by atoms with E-state index in [0.717, 1.165) is 39.1 Å². The third kappa shape index (κ3) is 3.93. The highest BCUT2D eigenvalue weighted by Crippen LogP contribution is 2.30. The Hall–Kier alpha value is -0.650. The molecule has 1 aromatic rings. The number of piperidine rings is 1. The lowest BCUT2D eigenvalue weighted by Crippen LogP contribution is -2.37. The average molecular weight is 297 g/mol. The predicted molar refractivity (Wildman–Crippen MR) is 85.7 cm³/mol. The average Bonchev–Trinajstić information content (AvgIpc) is 2.84. The van der Waals surface area contributed by atoms with E-state index in [1.807, 2.05) is 18.4 Å². The van der Waals surface area contributed by atoms with Crippen molar-refractivity contribution in [1.29, 1.82) is 0 Å². The van der Waals surface area contributed by atoms with Crippen LogP contribution in [-0.4, -0.2) is 38.8 Å². The molecule has 20 heavy (non-hydrogen) atoms. The maximum atomic E-state index is 5.32. The first-order valence-electron chi connectivity index (χ1n) is 7.65. The van der Waals surface area contributed by atoms with Crippen LogP contribution < -0.4 is 10.2 Å². The van der Waals surface area contributed by atoms with Gasteiger partial charge in [0.2, 0.25) is 0 Å². The first-order chi connectivity index (χ1) is 9.78. The Morgan fingerprint density at radius 2 is 2.35 bits per heavy atom. The molecule has 0 aromatic carbocycles. The summed E-state index contributed by atoms with van der Waals surface area (Å²) in [6.45, 7) is 6.25. The summed E-state index contributed by atoms with van der Waals surface area (Å²) in [4.78, 5) is 8.76. The number of aryl methyl sites for hydroxylation is 1. The van der Waals surface area contributed by atoms with Crippen molar-refractivity contribution in [1.82, 2.24) is 10.3 Å². The quantitative estimate of drug-likeness (QED) is 0.839. The van der Waals surface area contributed by atoms with Gasteiger partial charge in [0.25, 0.3) is 0 Å². The molecule has 1 aliphatic rings. The third-order valence-electron chi connectivity index (χ3n) is 3.78. The Bertz CT molecular complexity index is 382. The lowest BCUT2D eigenvalue weighted by atomic mass is 9.99. The number of aromatic nitrogens is 1. The van der Waals surface area contributed by atoms with Crippen LogP contribution in [0.25, 0.3) is 0 Å². The molecule has 1 fully saturated rings. The van der Waals surface area contributed by atoms with Crippen molar-refractivity contribution in [3.05, 3.63) is 10.6 Å². The minimum atomic E-state index is 0.653. The van der Waals surface area contributed by atoms with Crippen molar-refractivity contribution >= 4 is 16.5 Å². The van der Waals surface area contributed by atoms with Gasteiger partial charge in [0.1, 0.15) is 0 Å². The first kappa shape index (κ1) is 15.7. The van der Waals surface area contributed by atoms with E-state index in [1.165, 1.54) is 28.5 Å². The van der Waals surface area contributed by atoms with E-state index in [9.17, 15) is 0 Å². The van der Waals surface area contributed by atoms with Crippen molar-refractivity contribution < 1.29 is 4.74 Å². The lowest BCUT2D eigenvalue weighted by molar-refractivity contribution is 0.143. The molecule has 0 saturated carbocycles. The normalized spacial score (nSPS) is 19.6. The number of thiazole rings is 1. The molecule has 1 atom stereocenters. The van der Waals surface area contributed by atoms with E-state index in [2.05, 4.69) is 17.1 Å². The fourth-order valence-corrected chi connectivity index (χ4v) is 4.00. The molecule has 5 heteroatoms. The maximum Gasteiger partial charge on any atom is 0.185 e. The van der Waals surface area contributed by atoms with E-state index in [4.69, 9.17) is 9.72 Å². The van der Waals surface area contributed by atoms with E-state index in [-0.39, 0.29) is 0 Å². The maximum absolute atomic E-state index is 5.32. The van der Waals surface area contributed by atoms with Crippen LogP contribution in [0.1, 0.15) is 36.8 Å². The molecule has 114 valence electrons. The van der Waals surface area contributed by atoms with Gasteiger partial charge in [-0.1, -0.05) is 13.3 Å². The van der Waals surface area contributed by atoms with E-state index >= 15 is 0 Å². The summed E-state index contributed by atoms with van der Waals surface area (Å²) in [5, 5.41) is 4.47. The molecule has 0 aliphatic carbocycles. The number of hydrogen-bond acceptors (Lipinski definition) is 5. The zero-order valence-corrected chi connectivity index (χ0v) is 13.8. The van der Waals surface area contributed by atoms with Crippen molar-refractivity contribution in [3.63, 3.8) is 0 Å². The Kier molecular flexibility index (Phi) is 6.26. The Morgan fingerprint density at radius 1 is 1.50 bits per heavy atom. The molecule has 4 nitrogen and oxygen atoms in total. The molecule has 0 bridgehead atoms. The lowest BCUT2D eigenvalue weighted by Gasteiger charge is -2.32. The van der Waals surface area contributed by atoms with Gasteiger partial charge >= 0.3 is 0 Å². The minimum Gasteiger partial charge on any atom is -0.384 e. The number of rotatable bonds is 7. The molecule has 1 aromatic heterocycles. The van der Waals surface area contributed by atoms with Crippen molar-refractivity contribution in [2.75, 3.05) is 38.8 Å². The molecule has 1 N–H and O–H groups in total. The molecule has 1 unspecified atom stereocenters. The summed E-state index contributed by atoms with van der Waals surface area (Å²) in [7, 11) is 3.80. The van der Waals surface area contributed by atoms with E-state index in [1.54, 1.807) is 7.11 Å². The van der Waals surface area contributed by atoms with Crippen LogP contribution in [0.15, 0.2) is 0 Å². The molecule has 2 heterocycles. The van der Waals surface area contributed by atoms with E-state index in [0.29, 0.717) is 5.92 Å². The number of anilines is 1. The minimum absolute atomic E-state index is 0.653. The van der Waals surface area contributed by atoms with Gasteiger partial charge in [-0.2, -0.15) is 0 Å². The smallest absolute Gasteiger partial charge is 0.185 e. The molecule has 0 spiro atoms. The predicted octanol–water partition coefficient (Wildman–Crippen LogP) is 2.68. The number of ether oxygens (including phenoxy) is 1. The number of hydrogen-bond donors (Lipinski definition) is 1. The largest absolute Gasteiger partial charge is 0.384 e. The monoisotopic (exact) mass is 297 g/mol. The van der Waals surface area contributed by atoms with Gasteiger partial charge in [-0.3, -0.25) is 0 Å². The Morgan fingerprint density at radius 3 is 3.05 bits per heavy atom. The molecule has 0 amide bonds. The number of nitrogens with zero attached hydrogens (tertiary/aromatic N) is 2. The highest BCUT2D eigenvalue weighted by molar-refractivity contribution is 7.15. The van der Waals surface area contributed by atoms with Crippen LogP contribution in [0, 0.1) is 5.92 Å². The third-order valence-corrected chi connectivity index (χ3v) is 4.94. The van der Waals surface area contributed by atoms with Crippen LogP contribution in [0.3, 0.4) is 0 Å². The van der Waals surface area contributed by atoms with Gasteiger partial charge in [0.05, 0.1) is 12.3 Å². The topological polar surface area (TPSA) is 37.4 Å². The second-order valence-corrected chi connectivity index (χ2v) is 6.62. The number of methoxy groups -OCH3 is 1. The second-order valence-electron chi connectivity index (χ2n) is 5.56. The molecule has 0 radical (unpaired) electrons. The summed E-state index contributed by atoms with van der Waals surface area (Å²) >= 11 is 1.86. The molecule has 1 aliphatic heterocycles. The summed E-state index contributed by atoms with van der Waals surface area (Å²) < 4.78 is 5.32. The van der Waals surface area contributed by atoms with Crippen LogP contribution in [0.4, 0.5) is 5.13 Å². The highest BCUT2D eigenvalue weighted by atomic mass is 32.1. The van der Waals surface area contributed by atoms with Crippen LogP contribution >= 0.6 is 11.3 Å². The van der Waals surface area contributed by atoms with Gasteiger partial charge in [0.15, 0.2) is 5.13 Å². The molecule has 2 rings (SSSR count). The fourth-order valence-electron chi connectivity index (χ4n) is 2.85. The summed E-state index contributed by atoms with van der Waals surface area (Å²) in [6, 6.07) is 0. The Labute approximate surface area is 126 Å². The number of nitrogens with one attached hydrogen (secondary N) is 1. The second kappa shape index (κ2) is 7.96. The molecular formula is C15H27N3OS. The molecule has 1 saturated heterocycles. The van der Waals surface area contributed by atoms with Gasteiger partial charge in [-0.25, -0.2) is 4.98 Å². The van der Waals surface area contributed by atoms with E-state index < -0.39 is 0 Å². The van der Waals surface area contributed by atoms with Gasteiger partial charge in [-0.15, -0.1) is 11.3 Å². The van der Waals surface area contributed by atoms with Crippen molar-refractivity contribution in [2.45, 2.75) is 39.2 Å². The standard InChI is InChI=1S/C15H27N3OS/c1-4-6-13-14(9-16-2)20-15(17-13)18-8-5-7-12(10-18)11-19-3/h12,16H,4-11H2,1-3H3. The fraction of sp³-hybridized carbons (Fsp3) is 0.800. The summed E-state index contributed by atoms with van der Waals surface area (Å²) in [5.41, 5.74) is 1.29. The van der Waals surface area contributed by atoms with Crippen LogP contribution in [-0.2, 0) is 17.7 Å². The van der Waals surface area contributed by atoms with Crippen LogP contribution in [0.2, 0.25) is 0 Å². The SMILES string of the molecule is CCCc1nc(N2CCCC(COC)C2)sc1CNC. The zero-order valence-electron chi connectivity index (χ0n) is 12.9. The zero-order chi connectivity index (χ0) is 14.4. The van der Waals surface area contributed by atoms with Crippen LogP contribution in [0.5, 0.6) is 0 Å².